The van der Waals surface area contributed by atoms with Gasteiger partial charge in [-0.2, -0.15) is 0 Å². The average molecular weight is 214 g/mol. The van der Waals surface area contributed by atoms with Gasteiger partial charge in [0.25, 0.3) is 0 Å². The van der Waals surface area contributed by atoms with Crippen molar-refractivity contribution in [2.24, 2.45) is 4.99 Å². The van der Waals surface area contributed by atoms with E-state index in [-0.39, 0.29) is 10.9 Å². The maximum absolute atomic E-state index is 13.3. The van der Waals surface area contributed by atoms with Crippen LogP contribution < -0.4 is 4.74 Å². The molecule has 0 radical (unpaired) electrons. The van der Waals surface area contributed by atoms with Gasteiger partial charge >= 0.3 is 0 Å². The first-order chi connectivity index (χ1) is 6.49. The van der Waals surface area contributed by atoms with E-state index in [0.29, 0.717) is 5.56 Å². The van der Waals surface area contributed by atoms with Crippen molar-refractivity contribution in [2.75, 3.05) is 0 Å². The van der Waals surface area contributed by atoms with E-state index in [9.17, 15) is 4.39 Å². The van der Waals surface area contributed by atoms with Crippen LogP contribution in [0.1, 0.15) is 19.4 Å². The van der Waals surface area contributed by atoms with Crippen LogP contribution in [0, 0.1) is 5.82 Å². The van der Waals surface area contributed by atoms with Crippen molar-refractivity contribution < 1.29 is 9.13 Å². The van der Waals surface area contributed by atoms with Crippen LogP contribution in [0.2, 0.25) is 0 Å². The summed E-state index contributed by atoms with van der Waals surface area (Å²) in [5, 5.41) is 0.288. The molecule has 0 saturated heterocycles. The van der Waals surface area contributed by atoms with Gasteiger partial charge in [-0.25, -0.2) is 9.38 Å². The van der Waals surface area contributed by atoms with Crippen molar-refractivity contribution in [3.63, 3.8) is 0 Å². The van der Waals surface area contributed by atoms with Gasteiger partial charge in [0.05, 0.1) is 5.56 Å². The third-order valence-electron chi connectivity index (χ3n) is 1.91. The number of rotatable bonds is 0. The molecule has 0 fully saturated rings. The molecule has 0 amide bonds. The lowest BCUT2D eigenvalue weighted by atomic mass is 10.1. The molecule has 0 aliphatic carbocycles. The lowest BCUT2D eigenvalue weighted by molar-refractivity contribution is 0.109. The van der Waals surface area contributed by atoms with Gasteiger partial charge in [0.1, 0.15) is 5.17 Å². The number of hydrogen-bond donors (Lipinski definition) is 0. The highest BCUT2D eigenvalue weighted by Gasteiger charge is 2.29. The highest BCUT2D eigenvalue weighted by Crippen LogP contribution is 2.33. The average Bonchev–Trinajstić information content (AvgIpc) is 2.05. The molecule has 0 saturated carbocycles. The summed E-state index contributed by atoms with van der Waals surface area (Å²) in [4.78, 5) is 4.09. The molecule has 1 heterocycles. The molecule has 0 atom stereocenters. The minimum Gasteiger partial charge on any atom is -0.463 e. The van der Waals surface area contributed by atoms with Crippen LogP contribution in [0.4, 0.5) is 4.39 Å². The zero-order chi connectivity index (χ0) is 10.3. The number of halogens is 2. The van der Waals surface area contributed by atoms with Crippen LogP contribution in [-0.2, 0) is 0 Å². The predicted octanol–water partition coefficient (Wildman–Crippen LogP) is 2.94. The van der Waals surface area contributed by atoms with Gasteiger partial charge in [-0.1, -0.05) is 17.7 Å². The Balaban J connectivity index is 2.62. The second-order valence-corrected chi connectivity index (χ2v) is 3.93. The van der Waals surface area contributed by atoms with Crippen LogP contribution >= 0.6 is 11.6 Å². The summed E-state index contributed by atoms with van der Waals surface area (Å²) >= 11 is 5.91. The third-order valence-corrected chi connectivity index (χ3v) is 2.20. The van der Waals surface area contributed by atoms with E-state index < -0.39 is 11.5 Å². The maximum atomic E-state index is 13.3. The first-order valence-electron chi connectivity index (χ1n) is 4.23. The molecule has 0 spiro atoms. The van der Waals surface area contributed by atoms with E-state index in [4.69, 9.17) is 16.3 Å². The van der Waals surface area contributed by atoms with Crippen LogP contribution in [0.5, 0.6) is 5.75 Å². The SMILES string of the molecule is CC1(C)N=C(Cl)c2cccc(F)c2O1. The monoisotopic (exact) mass is 213 g/mol. The molecule has 1 aliphatic heterocycles. The third kappa shape index (κ3) is 1.48. The lowest BCUT2D eigenvalue weighted by Gasteiger charge is -2.28. The Morgan fingerprint density at radius 2 is 2.14 bits per heavy atom. The maximum Gasteiger partial charge on any atom is 0.196 e. The molecule has 1 aromatic rings. The Labute approximate surface area is 86.4 Å². The first kappa shape index (κ1) is 9.46. The van der Waals surface area contributed by atoms with Gasteiger partial charge in [0.2, 0.25) is 0 Å². The number of aliphatic imine (C=N–C) groups is 1. The molecular formula is C10H9ClFNO. The summed E-state index contributed by atoms with van der Waals surface area (Å²) in [6.45, 7) is 3.45. The molecule has 0 unspecified atom stereocenters. The van der Waals surface area contributed by atoms with E-state index in [1.165, 1.54) is 6.07 Å². The minimum atomic E-state index is -0.799. The number of hydrogen-bond acceptors (Lipinski definition) is 2. The molecule has 1 aromatic carbocycles. The summed E-state index contributed by atoms with van der Waals surface area (Å²) in [5.41, 5.74) is -0.294. The van der Waals surface area contributed by atoms with E-state index >= 15 is 0 Å². The van der Waals surface area contributed by atoms with Gasteiger partial charge < -0.3 is 4.74 Å². The Morgan fingerprint density at radius 1 is 1.43 bits per heavy atom. The van der Waals surface area contributed by atoms with Crippen molar-refractivity contribution in [1.29, 1.82) is 0 Å². The highest BCUT2D eigenvalue weighted by atomic mass is 35.5. The summed E-state index contributed by atoms with van der Waals surface area (Å²) < 4.78 is 18.7. The number of ether oxygens (including phenoxy) is 1. The second-order valence-electron chi connectivity index (χ2n) is 3.57. The van der Waals surface area contributed by atoms with E-state index in [0.717, 1.165) is 0 Å². The van der Waals surface area contributed by atoms with E-state index in [1.807, 2.05) is 0 Å². The topological polar surface area (TPSA) is 21.6 Å². The van der Waals surface area contributed by atoms with Gasteiger partial charge in [0, 0.05) is 0 Å². The summed E-state index contributed by atoms with van der Waals surface area (Å²) in [7, 11) is 0. The van der Waals surface area contributed by atoms with Crippen LogP contribution in [0.15, 0.2) is 23.2 Å². The van der Waals surface area contributed by atoms with Crippen LogP contribution in [0.3, 0.4) is 0 Å². The molecule has 0 bridgehead atoms. The second kappa shape index (κ2) is 2.95. The molecule has 4 heteroatoms. The van der Waals surface area contributed by atoms with Gasteiger partial charge in [0.15, 0.2) is 17.3 Å². The van der Waals surface area contributed by atoms with Crippen molar-refractivity contribution in [2.45, 2.75) is 19.6 Å². The Kier molecular flexibility index (Phi) is 2.00. The highest BCUT2D eigenvalue weighted by molar-refractivity contribution is 6.70. The van der Waals surface area contributed by atoms with Crippen LogP contribution in [0.25, 0.3) is 0 Å². The van der Waals surface area contributed by atoms with Crippen molar-refractivity contribution >= 4 is 16.8 Å². The molecule has 14 heavy (non-hydrogen) atoms. The van der Waals surface area contributed by atoms with Crippen molar-refractivity contribution in [3.8, 4) is 5.75 Å². The molecule has 2 rings (SSSR count). The first-order valence-corrected chi connectivity index (χ1v) is 4.61. The van der Waals surface area contributed by atoms with Crippen molar-refractivity contribution in [3.05, 3.63) is 29.6 Å². The number of para-hydroxylation sites is 1. The quantitative estimate of drug-likeness (QED) is 0.649. The molecule has 2 nitrogen and oxygen atoms in total. The molecule has 0 aromatic heterocycles. The number of nitrogens with zero attached hydrogens (tertiary/aromatic N) is 1. The molecule has 74 valence electrons. The van der Waals surface area contributed by atoms with Crippen LogP contribution in [-0.4, -0.2) is 10.9 Å². The Bertz CT molecular complexity index is 415. The molecule has 1 aliphatic rings. The zero-order valence-corrected chi connectivity index (χ0v) is 8.60. The minimum absolute atomic E-state index is 0.178. The fourth-order valence-electron chi connectivity index (χ4n) is 1.34. The molecular weight excluding hydrogens is 205 g/mol. The van der Waals surface area contributed by atoms with Gasteiger partial charge in [-0.15, -0.1) is 0 Å². The van der Waals surface area contributed by atoms with Crippen molar-refractivity contribution in [1.82, 2.24) is 0 Å². The largest absolute Gasteiger partial charge is 0.463 e. The standard InChI is InChI=1S/C10H9ClFNO/c1-10(2)13-9(11)6-4-3-5-7(12)8(6)14-10/h3-5H,1-2H3. The summed E-state index contributed by atoms with van der Waals surface area (Å²) in [6.07, 6.45) is 0. The fourth-order valence-corrected chi connectivity index (χ4v) is 1.70. The Morgan fingerprint density at radius 3 is 2.86 bits per heavy atom. The Hall–Kier alpha value is -1.09. The summed E-state index contributed by atoms with van der Waals surface area (Å²) in [5.74, 6) is -0.235. The lowest BCUT2D eigenvalue weighted by Crippen LogP contribution is -2.31. The van der Waals surface area contributed by atoms with Gasteiger partial charge in [-0.3, -0.25) is 0 Å². The normalized spacial score (nSPS) is 18.1. The number of fused-ring (bicyclic) bond motifs is 1. The van der Waals surface area contributed by atoms with E-state index in [1.54, 1.807) is 26.0 Å². The molecule has 0 N–H and O–H groups in total. The predicted molar refractivity (Wildman–Crippen MR) is 53.5 cm³/mol. The van der Waals surface area contributed by atoms with E-state index in [2.05, 4.69) is 4.99 Å². The summed E-state index contributed by atoms with van der Waals surface area (Å²) in [6, 6.07) is 4.59. The zero-order valence-electron chi connectivity index (χ0n) is 7.84. The smallest absolute Gasteiger partial charge is 0.196 e. The fraction of sp³-hybridized carbons (Fsp3) is 0.300. The number of benzene rings is 1. The van der Waals surface area contributed by atoms with Gasteiger partial charge in [-0.05, 0) is 26.0 Å².